The number of carboxylic acids is 1. The smallest absolute Gasteiger partial charge is 0.349 e. The lowest BCUT2D eigenvalue weighted by molar-refractivity contribution is -0.149. The van der Waals surface area contributed by atoms with Crippen LogP contribution in [0.25, 0.3) is 0 Å². The average Bonchev–Trinajstić information content (AvgIpc) is 2.64. The summed E-state index contributed by atoms with van der Waals surface area (Å²) < 4.78 is 5.11. The van der Waals surface area contributed by atoms with E-state index in [9.17, 15) is 9.59 Å². The number of esters is 1. The molecular weight excluding hydrogens is 256 g/mol. The van der Waals surface area contributed by atoms with Gasteiger partial charge in [-0.25, -0.2) is 4.79 Å². The first kappa shape index (κ1) is 15.0. The maximum absolute atomic E-state index is 11.6. The summed E-state index contributed by atoms with van der Waals surface area (Å²) in [5.41, 5.74) is -0.982. The quantitative estimate of drug-likeness (QED) is 0.635. The van der Waals surface area contributed by atoms with Gasteiger partial charge in [-0.05, 0) is 32.1 Å². The van der Waals surface area contributed by atoms with Crippen LogP contribution in [0.4, 0.5) is 0 Å². The van der Waals surface area contributed by atoms with Gasteiger partial charge >= 0.3 is 11.9 Å². The van der Waals surface area contributed by atoms with Crippen molar-refractivity contribution in [1.29, 1.82) is 0 Å². The van der Waals surface area contributed by atoms with E-state index in [0.29, 0.717) is 0 Å². The van der Waals surface area contributed by atoms with Crippen LogP contribution in [0, 0.1) is 17.3 Å². The van der Waals surface area contributed by atoms with Crippen LogP contribution in [0.5, 0.6) is 0 Å². The van der Waals surface area contributed by atoms with E-state index in [4.69, 9.17) is 21.4 Å². The summed E-state index contributed by atoms with van der Waals surface area (Å²) >= 11 is 5.86. The van der Waals surface area contributed by atoms with Crippen LogP contribution < -0.4 is 0 Å². The summed E-state index contributed by atoms with van der Waals surface area (Å²) in [6, 6.07) is 0. The Morgan fingerprint density at radius 1 is 1.33 bits per heavy atom. The number of rotatable bonds is 3. The first-order valence-corrected chi connectivity index (χ1v) is 6.18. The zero-order valence-corrected chi connectivity index (χ0v) is 12.0. The fourth-order valence-electron chi connectivity index (χ4n) is 2.01. The van der Waals surface area contributed by atoms with Gasteiger partial charge in [-0.1, -0.05) is 31.5 Å². The minimum absolute atomic E-state index is 0.0493. The molecule has 0 heterocycles. The number of carboxylic acid groups (broad SMARTS) is 1. The Hall–Kier alpha value is -1.03. The number of carbonyl (C=O) groups excluding carboxylic acids is 1. The molecule has 18 heavy (non-hydrogen) atoms. The fourth-order valence-corrected chi connectivity index (χ4v) is 2.19. The molecule has 102 valence electrons. The number of halogens is 1. The molecule has 0 spiro atoms. The molecule has 1 rings (SSSR count). The normalized spacial score (nSPS) is 26.7. The first-order chi connectivity index (χ1) is 7.97. The molecule has 1 saturated carbocycles. The van der Waals surface area contributed by atoms with Crippen molar-refractivity contribution in [3.05, 3.63) is 11.1 Å². The van der Waals surface area contributed by atoms with Crippen molar-refractivity contribution in [2.75, 3.05) is 0 Å². The Balaban J connectivity index is 2.74. The van der Waals surface area contributed by atoms with Gasteiger partial charge in [0.25, 0.3) is 0 Å². The Morgan fingerprint density at radius 3 is 2.17 bits per heavy atom. The van der Waals surface area contributed by atoms with Crippen molar-refractivity contribution in [2.24, 2.45) is 17.3 Å². The van der Waals surface area contributed by atoms with Gasteiger partial charge in [-0.2, -0.15) is 0 Å². The second-order valence-electron chi connectivity index (χ2n) is 6.18. The van der Waals surface area contributed by atoms with Crippen LogP contribution >= 0.6 is 11.6 Å². The Kier molecular flexibility index (Phi) is 3.82. The third-order valence-corrected chi connectivity index (χ3v) is 3.38. The third-order valence-electron chi connectivity index (χ3n) is 3.10. The van der Waals surface area contributed by atoms with Gasteiger partial charge in [-0.3, -0.25) is 4.79 Å². The number of hydrogen-bond acceptors (Lipinski definition) is 3. The maximum Gasteiger partial charge on any atom is 0.349 e. The average molecular weight is 275 g/mol. The van der Waals surface area contributed by atoms with Gasteiger partial charge < -0.3 is 9.84 Å². The van der Waals surface area contributed by atoms with Crippen molar-refractivity contribution in [3.63, 3.8) is 0 Å². The molecule has 0 amide bonds. The Bertz CT molecular complexity index is 404. The monoisotopic (exact) mass is 274 g/mol. The SMILES string of the molecule is CC(C)(C)OC(=O)C(Cl)=CC1C(C(=O)O)C1(C)C. The Morgan fingerprint density at radius 2 is 1.83 bits per heavy atom. The summed E-state index contributed by atoms with van der Waals surface area (Å²) in [6.07, 6.45) is 1.49. The van der Waals surface area contributed by atoms with E-state index in [1.54, 1.807) is 20.8 Å². The van der Waals surface area contributed by atoms with Gasteiger partial charge in [0.2, 0.25) is 0 Å². The van der Waals surface area contributed by atoms with Crippen LogP contribution in [0.15, 0.2) is 11.1 Å². The molecule has 1 aliphatic rings. The fraction of sp³-hybridized carbons (Fsp3) is 0.692. The molecule has 0 aliphatic heterocycles. The lowest BCUT2D eigenvalue weighted by atomic mass is 10.1. The lowest BCUT2D eigenvalue weighted by Crippen LogP contribution is -2.24. The number of ether oxygens (including phenoxy) is 1. The number of hydrogen-bond donors (Lipinski definition) is 1. The molecular formula is C13H19ClO4. The minimum Gasteiger partial charge on any atom is -0.481 e. The van der Waals surface area contributed by atoms with E-state index in [0.717, 1.165) is 0 Å². The van der Waals surface area contributed by atoms with Crippen molar-refractivity contribution in [2.45, 2.75) is 40.2 Å². The van der Waals surface area contributed by atoms with E-state index >= 15 is 0 Å². The molecule has 4 nitrogen and oxygen atoms in total. The molecule has 0 radical (unpaired) electrons. The second-order valence-corrected chi connectivity index (χ2v) is 6.59. The number of carbonyl (C=O) groups is 2. The van der Waals surface area contributed by atoms with E-state index in [2.05, 4.69) is 0 Å². The second kappa shape index (κ2) is 4.57. The highest BCUT2D eigenvalue weighted by Crippen LogP contribution is 2.59. The molecule has 0 bridgehead atoms. The van der Waals surface area contributed by atoms with E-state index in [1.807, 2.05) is 13.8 Å². The third kappa shape index (κ3) is 3.25. The molecule has 0 aromatic carbocycles. The standard InChI is InChI=1S/C13H19ClO4/c1-12(2,3)18-11(17)8(14)6-7-9(10(15)16)13(7,4)5/h6-7,9H,1-5H3,(H,15,16). The van der Waals surface area contributed by atoms with Crippen LogP contribution in [0.1, 0.15) is 34.6 Å². The van der Waals surface area contributed by atoms with Crippen molar-refractivity contribution >= 4 is 23.5 Å². The molecule has 2 atom stereocenters. The number of aliphatic carboxylic acids is 1. The zero-order chi connectivity index (χ0) is 14.3. The largest absolute Gasteiger partial charge is 0.481 e. The highest BCUT2D eigenvalue weighted by Gasteiger charge is 2.61. The van der Waals surface area contributed by atoms with Crippen LogP contribution in [-0.4, -0.2) is 22.6 Å². The molecule has 5 heteroatoms. The predicted molar refractivity (Wildman–Crippen MR) is 68.2 cm³/mol. The van der Waals surface area contributed by atoms with Crippen LogP contribution in [0.3, 0.4) is 0 Å². The van der Waals surface area contributed by atoms with Gasteiger partial charge in [0.15, 0.2) is 0 Å². The van der Waals surface area contributed by atoms with E-state index in [-0.39, 0.29) is 16.4 Å². The molecule has 0 aromatic heterocycles. The molecule has 1 N–H and O–H groups in total. The Labute approximate surface area is 112 Å². The van der Waals surface area contributed by atoms with Crippen molar-refractivity contribution in [1.82, 2.24) is 0 Å². The molecule has 0 aromatic rings. The van der Waals surface area contributed by atoms with Crippen LogP contribution in [-0.2, 0) is 14.3 Å². The first-order valence-electron chi connectivity index (χ1n) is 5.80. The van der Waals surface area contributed by atoms with E-state index in [1.165, 1.54) is 6.08 Å². The van der Waals surface area contributed by atoms with Gasteiger partial charge in [0.1, 0.15) is 10.6 Å². The van der Waals surface area contributed by atoms with Crippen molar-refractivity contribution in [3.8, 4) is 0 Å². The molecule has 1 fully saturated rings. The summed E-state index contributed by atoms with van der Waals surface area (Å²) in [6.45, 7) is 8.92. The maximum atomic E-state index is 11.6. The summed E-state index contributed by atoms with van der Waals surface area (Å²) in [4.78, 5) is 22.6. The van der Waals surface area contributed by atoms with E-state index < -0.39 is 23.5 Å². The van der Waals surface area contributed by atoms with Crippen LogP contribution in [0.2, 0.25) is 0 Å². The molecule has 0 saturated heterocycles. The zero-order valence-electron chi connectivity index (χ0n) is 11.3. The van der Waals surface area contributed by atoms with Gasteiger partial charge in [0.05, 0.1) is 5.92 Å². The number of allylic oxidation sites excluding steroid dienone is 1. The predicted octanol–water partition coefficient (Wildman–Crippen LogP) is 2.81. The van der Waals surface area contributed by atoms with Crippen molar-refractivity contribution < 1.29 is 19.4 Å². The van der Waals surface area contributed by atoms with Gasteiger partial charge in [0, 0.05) is 0 Å². The summed E-state index contributed by atoms with van der Waals surface area (Å²) in [7, 11) is 0. The summed E-state index contributed by atoms with van der Waals surface area (Å²) in [5.74, 6) is -2.20. The lowest BCUT2D eigenvalue weighted by Gasteiger charge is -2.19. The summed E-state index contributed by atoms with van der Waals surface area (Å²) in [5, 5.41) is 8.96. The molecule has 2 unspecified atom stereocenters. The highest BCUT2D eigenvalue weighted by molar-refractivity contribution is 6.41. The minimum atomic E-state index is -0.866. The molecule has 1 aliphatic carbocycles. The van der Waals surface area contributed by atoms with Gasteiger partial charge in [-0.15, -0.1) is 0 Å². The highest BCUT2D eigenvalue weighted by atomic mass is 35.5. The topological polar surface area (TPSA) is 63.6 Å².